The zero-order valence-corrected chi connectivity index (χ0v) is 7.46. The average Bonchev–Trinajstić information content (AvgIpc) is 2.16. The highest BCUT2D eigenvalue weighted by Gasteiger charge is 2.79. The number of halogens is 8. The zero-order valence-electron chi connectivity index (χ0n) is 7.46. The quantitative estimate of drug-likeness (QED) is 0.736. The fraction of sp³-hybridized carbons (Fsp3) is 1.00. The van der Waals surface area contributed by atoms with Crippen LogP contribution in [0.1, 0.15) is 0 Å². The largest absolute Gasteiger partial charge is 0.390 e. The normalized spacial score (nSPS) is 15.4. The number of rotatable bonds is 5. The van der Waals surface area contributed by atoms with Gasteiger partial charge in [-0.1, -0.05) is 0 Å². The summed E-state index contributed by atoms with van der Waals surface area (Å²) in [5.74, 6) is -24.0. The molecular formula is C6H7F8NO. The Kier molecular flexibility index (Phi) is 3.83. The lowest BCUT2D eigenvalue weighted by molar-refractivity contribution is -0.367. The van der Waals surface area contributed by atoms with Crippen molar-refractivity contribution in [3.63, 3.8) is 0 Å². The lowest BCUT2D eigenvalue weighted by Gasteiger charge is -2.35. The van der Waals surface area contributed by atoms with Crippen molar-refractivity contribution in [3.8, 4) is 0 Å². The molecule has 0 amide bonds. The van der Waals surface area contributed by atoms with Crippen LogP contribution >= 0.6 is 0 Å². The Morgan fingerprint density at radius 2 is 1.06 bits per heavy atom. The Labute approximate surface area is 84.0 Å². The Bertz CT molecular complexity index is 227. The van der Waals surface area contributed by atoms with Crippen LogP contribution in [0.15, 0.2) is 0 Å². The van der Waals surface area contributed by atoms with E-state index in [0.717, 1.165) is 0 Å². The molecule has 16 heavy (non-hydrogen) atoms. The predicted molar refractivity (Wildman–Crippen MR) is 35.9 cm³/mol. The van der Waals surface area contributed by atoms with E-state index in [0.29, 0.717) is 0 Å². The highest BCUT2D eigenvalue weighted by molar-refractivity contribution is 5.03. The Hall–Kier alpha value is -0.640. The first kappa shape index (κ1) is 15.4. The first-order valence-corrected chi connectivity index (χ1v) is 3.69. The van der Waals surface area contributed by atoms with Crippen molar-refractivity contribution in [3.05, 3.63) is 0 Å². The first-order valence-electron chi connectivity index (χ1n) is 3.69. The minimum atomic E-state index is -6.42. The van der Waals surface area contributed by atoms with Gasteiger partial charge in [0.05, 0.1) is 6.54 Å². The van der Waals surface area contributed by atoms with E-state index in [1.54, 1.807) is 0 Å². The van der Waals surface area contributed by atoms with Gasteiger partial charge >= 0.3 is 23.7 Å². The van der Waals surface area contributed by atoms with Gasteiger partial charge in [-0.3, -0.25) is 0 Å². The van der Waals surface area contributed by atoms with Crippen LogP contribution in [0, 0.1) is 0 Å². The fourth-order valence-corrected chi connectivity index (χ4v) is 0.687. The van der Waals surface area contributed by atoms with Crippen molar-refractivity contribution in [1.82, 2.24) is 0 Å². The average molecular weight is 261 g/mol. The Morgan fingerprint density at radius 1 is 0.750 bits per heavy atom. The van der Waals surface area contributed by atoms with Gasteiger partial charge in [-0.05, 0) is 0 Å². The maximum Gasteiger partial charge on any atom is 0.380 e. The summed E-state index contributed by atoms with van der Waals surface area (Å²) in [6, 6.07) is 0. The highest BCUT2D eigenvalue weighted by atomic mass is 19.4. The molecule has 0 atom stereocenters. The van der Waals surface area contributed by atoms with Gasteiger partial charge in [0.15, 0.2) is 0 Å². The summed E-state index contributed by atoms with van der Waals surface area (Å²) in [6.07, 6.45) is 0. The summed E-state index contributed by atoms with van der Waals surface area (Å²) in [6.45, 7) is -4.94. The third kappa shape index (κ3) is 1.95. The smallest absolute Gasteiger partial charge is 0.380 e. The van der Waals surface area contributed by atoms with Crippen LogP contribution in [-0.4, -0.2) is 41.9 Å². The summed E-state index contributed by atoms with van der Waals surface area (Å²) in [4.78, 5) is 0. The molecule has 0 aromatic heterocycles. The van der Waals surface area contributed by atoms with E-state index in [-0.39, 0.29) is 0 Å². The van der Waals surface area contributed by atoms with Gasteiger partial charge in [0.1, 0.15) is 6.61 Å². The third-order valence-corrected chi connectivity index (χ3v) is 1.77. The molecule has 0 aromatic rings. The third-order valence-electron chi connectivity index (χ3n) is 1.77. The van der Waals surface area contributed by atoms with E-state index in [9.17, 15) is 35.1 Å². The number of aliphatic hydroxyl groups excluding tert-OH is 1. The lowest BCUT2D eigenvalue weighted by Crippen LogP contribution is -2.64. The first-order chi connectivity index (χ1) is 6.87. The van der Waals surface area contributed by atoms with Crippen molar-refractivity contribution in [2.24, 2.45) is 5.73 Å². The van der Waals surface area contributed by atoms with E-state index in [2.05, 4.69) is 5.73 Å². The minimum Gasteiger partial charge on any atom is -0.390 e. The van der Waals surface area contributed by atoms with Gasteiger partial charge in [0.25, 0.3) is 0 Å². The van der Waals surface area contributed by atoms with Crippen molar-refractivity contribution in [1.29, 1.82) is 0 Å². The van der Waals surface area contributed by atoms with E-state index in [4.69, 9.17) is 5.11 Å². The van der Waals surface area contributed by atoms with Gasteiger partial charge < -0.3 is 10.8 Å². The number of nitrogens with two attached hydrogens (primary N) is 1. The summed E-state index contributed by atoms with van der Waals surface area (Å²) < 4.78 is 99.0. The fourth-order valence-electron chi connectivity index (χ4n) is 0.687. The van der Waals surface area contributed by atoms with Gasteiger partial charge in [0, 0.05) is 0 Å². The van der Waals surface area contributed by atoms with Crippen LogP contribution in [0.4, 0.5) is 35.1 Å². The van der Waals surface area contributed by atoms with Gasteiger partial charge in [-0.2, -0.15) is 35.1 Å². The molecule has 0 spiro atoms. The van der Waals surface area contributed by atoms with Gasteiger partial charge in [-0.25, -0.2) is 0 Å². The molecule has 0 radical (unpaired) electrons. The number of hydrogen-bond donors (Lipinski definition) is 2. The molecule has 10 heteroatoms. The van der Waals surface area contributed by atoms with Crippen molar-refractivity contribution < 1.29 is 40.2 Å². The second-order valence-corrected chi connectivity index (χ2v) is 2.92. The molecule has 98 valence electrons. The molecule has 0 fully saturated rings. The topological polar surface area (TPSA) is 46.2 Å². The molecule has 0 rings (SSSR count). The van der Waals surface area contributed by atoms with Crippen LogP contribution in [0.2, 0.25) is 0 Å². The summed E-state index contributed by atoms with van der Waals surface area (Å²) in [5.41, 5.74) is 4.10. The maximum atomic E-state index is 12.5. The minimum absolute atomic E-state index is 2.24. The predicted octanol–water partition coefficient (Wildman–Crippen LogP) is 1.48. The van der Waals surface area contributed by atoms with Gasteiger partial charge in [-0.15, -0.1) is 0 Å². The second-order valence-electron chi connectivity index (χ2n) is 2.92. The lowest BCUT2D eigenvalue weighted by atomic mass is 9.99. The van der Waals surface area contributed by atoms with Gasteiger partial charge in [0.2, 0.25) is 0 Å². The molecular weight excluding hydrogens is 254 g/mol. The van der Waals surface area contributed by atoms with Crippen LogP contribution in [-0.2, 0) is 0 Å². The maximum absolute atomic E-state index is 12.5. The molecule has 3 N–H and O–H groups in total. The SMILES string of the molecule is NCC(F)(F)C(F)(F)C(F)(F)C(F)(F)CO. The Morgan fingerprint density at radius 3 is 1.31 bits per heavy atom. The molecule has 0 bridgehead atoms. The molecule has 0 unspecified atom stereocenters. The molecule has 0 aromatic carbocycles. The van der Waals surface area contributed by atoms with Crippen LogP contribution < -0.4 is 5.73 Å². The summed E-state index contributed by atoms with van der Waals surface area (Å²) in [5, 5.41) is 7.79. The molecule has 0 aliphatic rings. The number of aliphatic hydroxyl groups is 1. The standard InChI is InChI=1S/C6H7F8NO/c7-3(8,1-15)5(11,12)6(13,14)4(9,10)2-16/h16H,1-2,15H2. The second kappa shape index (κ2) is 3.99. The molecule has 0 saturated carbocycles. The number of alkyl halides is 8. The van der Waals surface area contributed by atoms with Crippen LogP contribution in [0.25, 0.3) is 0 Å². The van der Waals surface area contributed by atoms with Crippen molar-refractivity contribution in [2.75, 3.05) is 13.2 Å². The highest BCUT2D eigenvalue weighted by Crippen LogP contribution is 2.51. The molecule has 0 aliphatic carbocycles. The molecule has 0 heterocycles. The molecule has 0 saturated heterocycles. The van der Waals surface area contributed by atoms with E-state index >= 15 is 0 Å². The van der Waals surface area contributed by atoms with E-state index in [1.807, 2.05) is 0 Å². The molecule has 2 nitrogen and oxygen atoms in total. The van der Waals surface area contributed by atoms with E-state index in [1.165, 1.54) is 0 Å². The van der Waals surface area contributed by atoms with Crippen molar-refractivity contribution >= 4 is 0 Å². The van der Waals surface area contributed by atoms with E-state index < -0.39 is 36.8 Å². The molecule has 0 aliphatic heterocycles. The Balaban J connectivity index is 5.46. The zero-order chi connectivity index (χ0) is 13.4. The van der Waals surface area contributed by atoms with Crippen LogP contribution in [0.3, 0.4) is 0 Å². The monoisotopic (exact) mass is 261 g/mol. The summed E-state index contributed by atoms with van der Waals surface area (Å²) >= 11 is 0. The van der Waals surface area contributed by atoms with Crippen LogP contribution in [0.5, 0.6) is 0 Å². The number of hydrogen-bond acceptors (Lipinski definition) is 2. The summed E-state index contributed by atoms with van der Waals surface area (Å²) in [7, 11) is 0. The van der Waals surface area contributed by atoms with Crippen molar-refractivity contribution in [2.45, 2.75) is 23.7 Å².